The first-order chi connectivity index (χ1) is 11.7. The van der Waals surface area contributed by atoms with Crippen molar-refractivity contribution in [2.45, 2.75) is 6.18 Å². The highest BCUT2D eigenvalue weighted by Gasteiger charge is 2.34. The summed E-state index contributed by atoms with van der Waals surface area (Å²) in [6.07, 6.45) is -3.13. The highest BCUT2D eigenvalue weighted by Crippen LogP contribution is 2.34. The fourth-order valence-corrected chi connectivity index (χ4v) is 3.04. The van der Waals surface area contributed by atoms with Gasteiger partial charge in [0, 0.05) is 23.8 Å². The van der Waals surface area contributed by atoms with Gasteiger partial charge in [-0.1, -0.05) is 22.9 Å². The molecule has 5 nitrogen and oxygen atoms in total. The molecule has 1 N–H and O–H groups in total. The van der Waals surface area contributed by atoms with Gasteiger partial charge in [-0.2, -0.15) is 18.3 Å². The zero-order valence-corrected chi connectivity index (χ0v) is 14.2. The number of anilines is 1. The van der Waals surface area contributed by atoms with E-state index in [4.69, 9.17) is 11.6 Å². The van der Waals surface area contributed by atoms with Crippen LogP contribution in [0.1, 0.15) is 16.1 Å². The van der Waals surface area contributed by atoms with Crippen molar-refractivity contribution in [3.8, 4) is 10.6 Å². The second-order valence-corrected chi connectivity index (χ2v) is 6.49. The van der Waals surface area contributed by atoms with Crippen LogP contribution in [-0.4, -0.2) is 20.7 Å². The molecule has 2 aromatic heterocycles. The van der Waals surface area contributed by atoms with Crippen LogP contribution >= 0.6 is 22.9 Å². The Morgan fingerprint density at radius 2 is 1.96 bits per heavy atom. The molecule has 0 saturated heterocycles. The highest BCUT2D eigenvalue weighted by molar-refractivity contribution is 7.19. The SMILES string of the molecule is Cn1nc(C(F)(F)F)cc1-c1cnc(NC(=O)c2ccc(Cl)cc2)s1. The van der Waals surface area contributed by atoms with Gasteiger partial charge in [-0.05, 0) is 30.3 Å². The number of amides is 1. The van der Waals surface area contributed by atoms with E-state index in [2.05, 4.69) is 15.4 Å². The summed E-state index contributed by atoms with van der Waals surface area (Å²) in [6.45, 7) is 0. The topological polar surface area (TPSA) is 59.8 Å². The number of alkyl halides is 3. The van der Waals surface area contributed by atoms with Crippen LogP contribution in [0.2, 0.25) is 5.02 Å². The Morgan fingerprint density at radius 3 is 2.56 bits per heavy atom. The second-order valence-electron chi connectivity index (χ2n) is 5.03. The number of nitrogens with zero attached hydrogens (tertiary/aromatic N) is 3. The molecule has 0 saturated carbocycles. The van der Waals surface area contributed by atoms with E-state index in [0.29, 0.717) is 15.5 Å². The molecule has 10 heteroatoms. The van der Waals surface area contributed by atoms with E-state index in [0.717, 1.165) is 22.1 Å². The van der Waals surface area contributed by atoms with Crippen molar-refractivity contribution in [2.75, 3.05) is 5.32 Å². The molecule has 0 aliphatic carbocycles. The van der Waals surface area contributed by atoms with Crippen molar-refractivity contribution in [3.63, 3.8) is 0 Å². The number of hydrogen-bond acceptors (Lipinski definition) is 4. The lowest BCUT2D eigenvalue weighted by molar-refractivity contribution is -0.141. The van der Waals surface area contributed by atoms with Crippen molar-refractivity contribution in [1.82, 2.24) is 14.8 Å². The molecule has 3 aromatic rings. The molecule has 1 aromatic carbocycles. The third-order valence-corrected chi connectivity index (χ3v) is 4.44. The van der Waals surface area contributed by atoms with Crippen LogP contribution in [0.4, 0.5) is 18.3 Å². The van der Waals surface area contributed by atoms with Crippen LogP contribution in [0.15, 0.2) is 36.5 Å². The molecule has 0 atom stereocenters. The Bertz CT molecular complexity index is 918. The van der Waals surface area contributed by atoms with Gasteiger partial charge < -0.3 is 0 Å². The average Bonchev–Trinajstić information content (AvgIpc) is 3.14. The molecule has 130 valence electrons. The average molecular weight is 387 g/mol. The maximum atomic E-state index is 12.7. The maximum Gasteiger partial charge on any atom is 0.435 e. The summed E-state index contributed by atoms with van der Waals surface area (Å²) in [5, 5.41) is 6.83. The van der Waals surface area contributed by atoms with Gasteiger partial charge in [0.05, 0.1) is 10.6 Å². The summed E-state index contributed by atoms with van der Waals surface area (Å²) in [5.74, 6) is -0.390. The normalized spacial score (nSPS) is 11.6. The molecule has 0 fully saturated rings. The minimum Gasteiger partial charge on any atom is -0.298 e. The number of nitrogens with one attached hydrogen (secondary N) is 1. The number of thiazole rings is 1. The number of aryl methyl sites for hydroxylation is 1. The van der Waals surface area contributed by atoms with E-state index < -0.39 is 17.8 Å². The standard InChI is InChI=1S/C15H10ClF3N4OS/c1-23-10(6-12(22-23)15(17,18)19)11-7-20-14(25-11)21-13(24)8-2-4-9(16)5-3-8/h2-7H,1H3,(H,20,21,24). The van der Waals surface area contributed by atoms with E-state index in [9.17, 15) is 18.0 Å². The number of halogens is 4. The van der Waals surface area contributed by atoms with E-state index >= 15 is 0 Å². The van der Waals surface area contributed by atoms with Crippen LogP contribution < -0.4 is 5.32 Å². The Balaban J connectivity index is 1.80. The Kier molecular flexibility index (Phi) is 4.53. The van der Waals surface area contributed by atoms with Crippen molar-refractivity contribution >= 4 is 34.0 Å². The summed E-state index contributed by atoms with van der Waals surface area (Å²) in [6, 6.07) is 7.22. The van der Waals surface area contributed by atoms with Crippen molar-refractivity contribution in [3.05, 3.63) is 52.8 Å². The minimum atomic E-state index is -4.52. The summed E-state index contributed by atoms with van der Waals surface area (Å²) in [7, 11) is 1.41. The lowest BCUT2D eigenvalue weighted by Gasteiger charge is -2.01. The summed E-state index contributed by atoms with van der Waals surface area (Å²) in [4.78, 5) is 16.6. The van der Waals surface area contributed by atoms with Gasteiger partial charge in [0.25, 0.3) is 5.91 Å². The number of benzene rings is 1. The van der Waals surface area contributed by atoms with Crippen molar-refractivity contribution in [1.29, 1.82) is 0 Å². The van der Waals surface area contributed by atoms with Crippen molar-refractivity contribution in [2.24, 2.45) is 7.05 Å². The zero-order chi connectivity index (χ0) is 18.2. The molecular weight excluding hydrogens is 377 g/mol. The fourth-order valence-electron chi connectivity index (χ4n) is 2.06. The molecule has 1 amide bonds. The molecule has 3 rings (SSSR count). The van der Waals surface area contributed by atoms with Crippen molar-refractivity contribution < 1.29 is 18.0 Å². The van der Waals surface area contributed by atoms with Crippen LogP contribution in [0.3, 0.4) is 0 Å². The number of carbonyl (C=O) groups excluding carboxylic acids is 1. The van der Waals surface area contributed by atoms with E-state index in [1.807, 2.05) is 0 Å². The van der Waals surface area contributed by atoms with Gasteiger partial charge in [0.15, 0.2) is 10.8 Å². The zero-order valence-electron chi connectivity index (χ0n) is 12.6. The molecule has 0 aliphatic rings. The van der Waals surface area contributed by atoms with Gasteiger partial charge in [-0.25, -0.2) is 4.98 Å². The third kappa shape index (κ3) is 3.83. The molecule has 2 heterocycles. The van der Waals surface area contributed by atoms with E-state index in [-0.39, 0.29) is 10.8 Å². The Hall–Kier alpha value is -2.39. The lowest BCUT2D eigenvalue weighted by Crippen LogP contribution is -2.11. The monoisotopic (exact) mass is 386 g/mol. The van der Waals surface area contributed by atoms with Gasteiger partial charge in [-0.3, -0.25) is 14.8 Å². The summed E-state index contributed by atoms with van der Waals surface area (Å²) >= 11 is 6.82. The van der Waals surface area contributed by atoms with Crippen LogP contribution in [-0.2, 0) is 13.2 Å². The number of rotatable bonds is 3. The molecule has 0 spiro atoms. The molecular formula is C15H10ClF3N4OS. The number of hydrogen-bond donors (Lipinski definition) is 1. The molecule has 25 heavy (non-hydrogen) atoms. The van der Waals surface area contributed by atoms with Crippen LogP contribution in [0, 0.1) is 0 Å². The predicted octanol–water partition coefficient (Wildman–Crippen LogP) is 4.47. The first kappa shape index (κ1) is 17.4. The second kappa shape index (κ2) is 6.49. The Labute approximate surface area is 149 Å². The van der Waals surface area contributed by atoms with E-state index in [1.54, 1.807) is 24.3 Å². The smallest absolute Gasteiger partial charge is 0.298 e. The number of carbonyl (C=O) groups is 1. The predicted molar refractivity (Wildman–Crippen MR) is 88.7 cm³/mol. The van der Waals surface area contributed by atoms with Gasteiger partial charge in [0.1, 0.15) is 0 Å². The Morgan fingerprint density at radius 1 is 1.28 bits per heavy atom. The highest BCUT2D eigenvalue weighted by atomic mass is 35.5. The maximum absolute atomic E-state index is 12.7. The van der Waals surface area contributed by atoms with Crippen LogP contribution in [0.5, 0.6) is 0 Å². The minimum absolute atomic E-state index is 0.261. The molecule has 0 radical (unpaired) electrons. The van der Waals surface area contributed by atoms with Gasteiger partial charge in [0.2, 0.25) is 0 Å². The first-order valence-corrected chi connectivity index (χ1v) is 8.08. The first-order valence-electron chi connectivity index (χ1n) is 6.88. The van der Waals surface area contributed by atoms with Crippen LogP contribution in [0.25, 0.3) is 10.6 Å². The third-order valence-electron chi connectivity index (χ3n) is 3.26. The summed E-state index contributed by atoms with van der Waals surface area (Å²) in [5.41, 5.74) is -0.331. The quantitative estimate of drug-likeness (QED) is 0.722. The molecule has 0 unspecified atom stereocenters. The van der Waals surface area contributed by atoms with Gasteiger partial charge in [-0.15, -0.1) is 0 Å². The van der Waals surface area contributed by atoms with Gasteiger partial charge >= 0.3 is 6.18 Å². The molecule has 0 aliphatic heterocycles. The molecule has 0 bridgehead atoms. The number of aromatic nitrogens is 3. The lowest BCUT2D eigenvalue weighted by atomic mass is 10.2. The largest absolute Gasteiger partial charge is 0.435 e. The summed E-state index contributed by atoms with van der Waals surface area (Å²) < 4.78 is 39.3. The fraction of sp³-hybridized carbons (Fsp3) is 0.133. The van der Waals surface area contributed by atoms with E-state index in [1.165, 1.54) is 13.2 Å².